The van der Waals surface area contributed by atoms with Crippen LogP contribution in [-0.2, 0) is 20.9 Å². The van der Waals surface area contributed by atoms with Gasteiger partial charge in [0.2, 0.25) is 17.7 Å². The molecule has 178 valence electrons. The van der Waals surface area contributed by atoms with Crippen molar-refractivity contribution in [2.45, 2.75) is 65.3 Å². The SMILES string of the molecule is CCC(C)[C@H](NC(C)=O)C(=O)N1C[C@H](O)C[C@H]1C(=O)NCc1ccc(-c2scnc2C)cc1. The Balaban J connectivity index is 1.66. The smallest absolute Gasteiger partial charge is 0.246 e. The maximum absolute atomic E-state index is 13.2. The number of nitrogens with zero attached hydrogens (tertiary/aromatic N) is 2. The summed E-state index contributed by atoms with van der Waals surface area (Å²) in [6.07, 6.45) is 0.0941. The second kappa shape index (κ2) is 10.9. The van der Waals surface area contributed by atoms with E-state index in [0.29, 0.717) is 13.0 Å². The molecule has 1 aliphatic heterocycles. The van der Waals surface area contributed by atoms with E-state index in [-0.39, 0.29) is 36.6 Å². The first kappa shape index (κ1) is 24.9. The number of carbonyl (C=O) groups excluding carboxylic acids is 3. The molecule has 8 nitrogen and oxygen atoms in total. The number of rotatable bonds is 8. The molecule has 1 fully saturated rings. The van der Waals surface area contributed by atoms with E-state index in [1.54, 1.807) is 11.3 Å². The lowest BCUT2D eigenvalue weighted by atomic mass is 9.97. The van der Waals surface area contributed by atoms with Gasteiger partial charge in [-0.25, -0.2) is 4.98 Å². The number of carbonyl (C=O) groups is 3. The molecule has 3 rings (SSSR count). The molecule has 2 aromatic rings. The van der Waals surface area contributed by atoms with Gasteiger partial charge in [-0.2, -0.15) is 0 Å². The van der Waals surface area contributed by atoms with Gasteiger partial charge in [-0.15, -0.1) is 11.3 Å². The van der Waals surface area contributed by atoms with Gasteiger partial charge in [-0.05, 0) is 24.0 Å². The molecule has 1 aromatic heterocycles. The van der Waals surface area contributed by atoms with Crippen LogP contribution in [0, 0.1) is 12.8 Å². The van der Waals surface area contributed by atoms with Gasteiger partial charge in [-0.3, -0.25) is 14.4 Å². The van der Waals surface area contributed by atoms with Crippen LogP contribution in [0.15, 0.2) is 29.8 Å². The molecule has 0 bridgehead atoms. The summed E-state index contributed by atoms with van der Waals surface area (Å²) in [6.45, 7) is 7.56. The minimum atomic E-state index is -0.776. The normalized spacial score (nSPS) is 19.7. The Kier molecular flexibility index (Phi) is 8.20. The summed E-state index contributed by atoms with van der Waals surface area (Å²) in [6, 6.07) is 6.42. The van der Waals surface area contributed by atoms with Gasteiger partial charge in [0.15, 0.2) is 0 Å². The average molecular weight is 473 g/mol. The topological polar surface area (TPSA) is 112 Å². The third-order valence-corrected chi connectivity index (χ3v) is 7.11. The van der Waals surface area contributed by atoms with Gasteiger partial charge >= 0.3 is 0 Å². The highest BCUT2D eigenvalue weighted by Crippen LogP contribution is 2.27. The van der Waals surface area contributed by atoms with Crippen LogP contribution in [-0.4, -0.2) is 57.4 Å². The summed E-state index contributed by atoms with van der Waals surface area (Å²) >= 11 is 1.59. The molecule has 9 heteroatoms. The maximum atomic E-state index is 13.2. The maximum Gasteiger partial charge on any atom is 0.246 e. The van der Waals surface area contributed by atoms with Crippen LogP contribution in [0.3, 0.4) is 0 Å². The number of β-amino-alcohol motifs (C(OH)–C–C–N with tert-alkyl or cyclic N) is 1. The summed E-state index contributed by atoms with van der Waals surface area (Å²) < 4.78 is 0. The van der Waals surface area contributed by atoms with Crippen molar-refractivity contribution in [2.75, 3.05) is 6.54 Å². The van der Waals surface area contributed by atoms with Crippen LogP contribution in [0.2, 0.25) is 0 Å². The Labute approximate surface area is 198 Å². The molecular weight excluding hydrogens is 440 g/mol. The molecule has 1 saturated heterocycles. The molecule has 3 amide bonds. The minimum absolute atomic E-state index is 0.0757. The predicted molar refractivity (Wildman–Crippen MR) is 127 cm³/mol. The highest BCUT2D eigenvalue weighted by atomic mass is 32.1. The van der Waals surface area contributed by atoms with Gasteiger partial charge in [0.1, 0.15) is 12.1 Å². The van der Waals surface area contributed by atoms with E-state index < -0.39 is 18.2 Å². The summed E-state index contributed by atoms with van der Waals surface area (Å²) in [4.78, 5) is 44.6. The zero-order valence-corrected chi connectivity index (χ0v) is 20.3. The fourth-order valence-corrected chi connectivity index (χ4v) is 4.86. The number of benzene rings is 1. The number of nitrogens with one attached hydrogen (secondary N) is 2. The lowest BCUT2D eigenvalue weighted by molar-refractivity contribution is -0.142. The van der Waals surface area contributed by atoms with Crippen molar-refractivity contribution in [3.63, 3.8) is 0 Å². The molecule has 1 aliphatic rings. The molecule has 1 unspecified atom stereocenters. The summed E-state index contributed by atoms with van der Waals surface area (Å²) in [5.74, 6) is -1.04. The molecule has 3 N–H and O–H groups in total. The molecule has 2 heterocycles. The predicted octanol–water partition coefficient (Wildman–Crippen LogP) is 2.25. The van der Waals surface area contributed by atoms with Crippen molar-refractivity contribution >= 4 is 29.1 Å². The second-order valence-electron chi connectivity index (χ2n) is 8.64. The quantitative estimate of drug-likeness (QED) is 0.546. The molecule has 33 heavy (non-hydrogen) atoms. The zero-order valence-electron chi connectivity index (χ0n) is 19.5. The zero-order chi connectivity index (χ0) is 24.1. The Morgan fingerprint density at radius 2 is 1.97 bits per heavy atom. The number of amides is 3. The van der Waals surface area contributed by atoms with E-state index >= 15 is 0 Å². The van der Waals surface area contributed by atoms with Crippen molar-refractivity contribution in [3.05, 3.63) is 41.0 Å². The summed E-state index contributed by atoms with van der Waals surface area (Å²) in [7, 11) is 0. The van der Waals surface area contributed by atoms with Gasteiger partial charge in [0, 0.05) is 26.4 Å². The van der Waals surface area contributed by atoms with Crippen LogP contribution < -0.4 is 10.6 Å². The lowest BCUT2D eigenvalue weighted by Gasteiger charge is -2.31. The second-order valence-corrected chi connectivity index (χ2v) is 9.50. The average Bonchev–Trinajstić information content (AvgIpc) is 3.40. The van der Waals surface area contributed by atoms with Crippen molar-refractivity contribution in [1.29, 1.82) is 0 Å². The number of thiazole rings is 1. The monoisotopic (exact) mass is 472 g/mol. The third kappa shape index (κ3) is 5.97. The Bertz CT molecular complexity index is 991. The lowest BCUT2D eigenvalue weighted by Crippen LogP contribution is -2.55. The Morgan fingerprint density at radius 1 is 1.27 bits per heavy atom. The number of likely N-dealkylation sites (tertiary alicyclic amines) is 1. The largest absolute Gasteiger partial charge is 0.391 e. The van der Waals surface area contributed by atoms with Gasteiger partial charge in [0.25, 0.3) is 0 Å². The summed E-state index contributed by atoms with van der Waals surface area (Å²) in [5.41, 5.74) is 4.82. The first-order valence-corrected chi connectivity index (χ1v) is 12.1. The van der Waals surface area contributed by atoms with E-state index in [1.165, 1.54) is 11.8 Å². The van der Waals surface area contributed by atoms with Gasteiger partial charge in [0.05, 0.1) is 22.2 Å². The van der Waals surface area contributed by atoms with E-state index in [4.69, 9.17) is 0 Å². The number of hydrogen-bond donors (Lipinski definition) is 3. The van der Waals surface area contributed by atoms with Crippen molar-refractivity contribution in [2.24, 2.45) is 5.92 Å². The fraction of sp³-hybridized carbons (Fsp3) is 0.500. The summed E-state index contributed by atoms with van der Waals surface area (Å²) in [5, 5.41) is 15.8. The number of aliphatic hydroxyl groups is 1. The standard InChI is InChI=1S/C24H32N4O4S/c1-5-14(2)21(27-16(4)29)24(32)28-12-19(30)10-20(28)23(31)25-11-17-6-8-18(9-7-17)22-15(3)26-13-33-22/h6-9,13-14,19-21,30H,5,10-12H2,1-4H3,(H,25,31)(H,27,29)/t14?,19-,20+,21+/m1/s1. The van der Waals surface area contributed by atoms with Crippen LogP contribution in [0.5, 0.6) is 0 Å². The number of aliphatic hydroxyl groups excluding tert-OH is 1. The molecule has 0 spiro atoms. The van der Waals surface area contributed by atoms with Gasteiger partial charge in [-0.1, -0.05) is 44.5 Å². The minimum Gasteiger partial charge on any atom is -0.391 e. The molecule has 4 atom stereocenters. The first-order valence-electron chi connectivity index (χ1n) is 11.2. The van der Waals surface area contributed by atoms with E-state index in [9.17, 15) is 19.5 Å². The number of aryl methyl sites for hydroxylation is 1. The molecule has 0 aliphatic carbocycles. The molecule has 0 radical (unpaired) electrons. The Hall–Kier alpha value is -2.78. The Morgan fingerprint density at radius 3 is 2.55 bits per heavy atom. The van der Waals surface area contributed by atoms with E-state index in [1.807, 2.05) is 50.5 Å². The van der Waals surface area contributed by atoms with E-state index in [0.717, 1.165) is 21.7 Å². The number of aromatic nitrogens is 1. The van der Waals surface area contributed by atoms with Crippen molar-refractivity contribution < 1.29 is 19.5 Å². The number of hydrogen-bond acceptors (Lipinski definition) is 6. The van der Waals surface area contributed by atoms with Crippen LogP contribution in [0.25, 0.3) is 10.4 Å². The van der Waals surface area contributed by atoms with Crippen LogP contribution >= 0.6 is 11.3 Å². The van der Waals surface area contributed by atoms with E-state index in [2.05, 4.69) is 15.6 Å². The van der Waals surface area contributed by atoms with Crippen LogP contribution in [0.1, 0.15) is 44.9 Å². The van der Waals surface area contributed by atoms with Crippen LogP contribution in [0.4, 0.5) is 0 Å². The molecule has 0 saturated carbocycles. The highest BCUT2D eigenvalue weighted by Gasteiger charge is 2.42. The molecule has 1 aromatic carbocycles. The highest BCUT2D eigenvalue weighted by molar-refractivity contribution is 7.13. The van der Waals surface area contributed by atoms with Crippen molar-refractivity contribution in [1.82, 2.24) is 20.5 Å². The third-order valence-electron chi connectivity index (χ3n) is 6.13. The molecular formula is C24H32N4O4S. The van der Waals surface area contributed by atoms with Crippen molar-refractivity contribution in [3.8, 4) is 10.4 Å². The fourth-order valence-electron chi connectivity index (χ4n) is 4.05. The van der Waals surface area contributed by atoms with Gasteiger partial charge < -0.3 is 20.6 Å². The first-order chi connectivity index (χ1) is 15.7.